The molecule has 1 rings (SSSR count). The summed E-state index contributed by atoms with van der Waals surface area (Å²) in [6.07, 6.45) is 0.387. The molecule has 0 bridgehead atoms. The Balaban J connectivity index is 2.61. The number of ether oxygens (including phenoxy) is 1. The van der Waals surface area contributed by atoms with Gasteiger partial charge in [0.2, 0.25) is 5.91 Å². The van der Waals surface area contributed by atoms with Crippen LogP contribution in [0.5, 0.6) is 0 Å². The number of methoxy groups -OCH3 is 1. The largest absolute Gasteiger partial charge is 0.383 e. The maximum atomic E-state index is 11.5. The van der Waals surface area contributed by atoms with Crippen LogP contribution >= 0.6 is 0 Å². The topological polar surface area (TPSA) is 96.7 Å². The molecule has 92 valence electrons. The van der Waals surface area contributed by atoms with Gasteiger partial charge in [0, 0.05) is 33.2 Å². The zero-order valence-electron chi connectivity index (χ0n) is 9.36. The summed E-state index contributed by atoms with van der Waals surface area (Å²) in [7, 11) is 1.53. The molecule has 0 radical (unpaired) electrons. The third kappa shape index (κ3) is 3.44. The van der Waals surface area contributed by atoms with E-state index in [1.54, 1.807) is 0 Å². The van der Waals surface area contributed by atoms with Gasteiger partial charge in [-0.2, -0.15) is 0 Å². The predicted octanol–water partition coefficient (Wildman–Crippen LogP) is -2.19. The Morgan fingerprint density at radius 2 is 2.44 bits per heavy atom. The number of carbonyl (C=O) groups is 2. The standard InChI is InChI=1S/C9H18N4O3/c1-16-6-7(9(15)12-10)13-4-2-8(14)11-3-5-13/h7H,2-6,10H2,1H3,(H,11,14)(H,12,15). The summed E-state index contributed by atoms with van der Waals surface area (Å²) >= 11 is 0. The Bertz CT molecular complexity index is 259. The third-order valence-corrected chi connectivity index (χ3v) is 2.56. The van der Waals surface area contributed by atoms with E-state index in [0.717, 1.165) is 0 Å². The number of hydrogen-bond acceptors (Lipinski definition) is 5. The molecule has 0 aromatic carbocycles. The number of nitrogens with zero attached hydrogens (tertiary/aromatic N) is 1. The summed E-state index contributed by atoms with van der Waals surface area (Å²) in [4.78, 5) is 24.6. The van der Waals surface area contributed by atoms with E-state index in [1.807, 2.05) is 4.90 Å². The lowest BCUT2D eigenvalue weighted by Crippen LogP contribution is -2.52. The molecule has 1 unspecified atom stereocenters. The maximum absolute atomic E-state index is 11.5. The minimum Gasteiger partial charge on any atom is -0.383 e. The van der Waals surface area contributed by atoms with Gasteiger partial charge in [-0.3, -0.25) is 19.9 Å². The maximum Gasteiger partial charge on any atom is 0.253 e. The molecule has 7 heteroatoms. The Labute approximate surface area is 94.3 Å². The first-order chi connectivity index (χ1) is 7.69. The van der Waals surface area contributed by atoms with E-state index in [0.29, 0.717) is 26.1 Å². The monoisotopic (exact) mass is 230 g/mol. The summed E-state index contributed by atoms with van der Waals surface area (Å²) in [6.45, 7) is 1.95. The molecular formula is C9H18N4O3. The minimum absolute atomic E-state index is 0.00632. The molecule has 1 saturated heterocycles. The number of rotatable bonds is 4. The zero-order valence-corrected chi connectivity index (χ0v) is 9.36. The lowest BCUT2D eigenvalue weighted by molar-refractivity contribution is -0.129. The lowest BCUT2D eigenvalue weighted by atomic mass is 10.2. The number of hydrogen-bond donors (Lipinski definition) is 3. The van der Waals surface area contributed by atoms with Crippen molar-refractivity contribution >= 4 is 11.8 Å². The highest BCUT2D eigenvalue weighted by molar-refractivity contribution is 5.81. The van der Waals surface area contributed by atoms with Crippen molar-refractivity contribution in [2.24, 2.45) is 5.84 Å². The van der Waals surface area contributed by atoms with E-state index < -0.39 is 6.04 Å². The van der Waals surface area contributed by atoms with Crippen LogP contribution in [0.15, 0.2) is 0 Å². The SMILES string of the molecule is COCC(C(=O)NN)N1CCNC(=O)CC1. The number of nitrogens with one attached hydrogen (secondary N) is 2. The Hall–Kier alpha value is -1.18. The van der Waals surface area contributed by atoms with Gasteiger partial charge >= 0.3 is 0 Å². The third-order valence-electron chi connectivity index (χ3n) is 2.56. The van der Waals surface area contributed by atoms with Crippen molar-refractivity contribution in [1.29, 1.82) is 0 Å². The van der Waals surface area contributed by atoms with Crippen molar-refractivity contribution in [3.05, 3.63) is 0 Å². The second-order valence-corrected chi connectivity index (χ2v) is 3.62. The van der Waals surface area contributed by atoms with Crippen LogP contribution in [-0.2, 0) is 14.3 Å². The van der Waals surface area contributed by atoms with Crippen LogP contribution in [0.4, 0.5) is 0 Å². The van der Waals surface area contributed by atoms with Crippen LogP contribution in [-0.4, -0.2) is 56.1 Å². The van der Waals surface area contributed by atoms with E-state index in [-0.39, 0.29) is 18.4 Å². The molecule has 1 fully saturated rings. The van der Waals surface area contributed by atoms with Crippen LogP contribution in [0.2, 0.25) is 0 Å². The van der Waals surface area contributed by atoms with Crippen LogP contribution in [0.25, 0.3) is 0 Å². The molecule has 0 saturated carbocycles. The Morgan fingerprint density at radius 3 is 3.06 bits per heavy atom. The van der Waals surface area contributed by atoms with Crippen LogP contribution in [0.3, 0.4) is 0 Å². The minimum atomic E-state index is -0.442. The Morgan fingerprint density at radius 1 is 1.69 bits per heavy atom. The van der Waals surface area contributed by atoms with E-state index in [9.17, 15) is 9.59 Å². The van der Waals surface area contributed by atoms with Crippen molar-refractivity contribution in [1.82, 2.24) is 15.6 Å². The van der Waals surface area contributed by atoms with Gasteiger partial charge in [0.15, 0.2) is 0 Å². The highest BCUT2D eigenvalue weighted by atomic mass is 16.5. The van der Waals surface area contributed by atoms with Crippen molar-refractivity contribution < 1.29 is 14.3 Å². The van der Waals surface area contributed by atoms with Crippen LogP contribution in [0.1, 0.15) is 6.42 Å². The molecule has 16 heavy (non-hydrogen) atoms. The molecule has 1 aliphatic rings. The van der Waals surface area contributed by atoms with Crippen molar-refractivity contribution in [3.63, 3.8) is 0 Å². The first kappa shape index (κ1) is 12.9. The van der Waals surface area contributed by atoms with E-state index in [1.165, 1.54) is 7.11 Å². The molecule has 4 N–H and O–H groups in total. The average molecular weight is 230 g/mol. The molecule has 2 amide bonds. The average Bonchev–Trinajstić information content (AvgIpc) is 2.50. The van der Waals surface area contributed by atoms with E-state index in [2.05, 4.69) is 10.7 Å². The summed E-state index contributed by atoms with van der Waals surface area (Å²) in [6, 6.07) is -0.442. The van der Waals surface area contributed by atoms with Crippen LogP contribution < -0.4 is 16.6 Å². The fraction of sp³-hybridized carbons (Fsp3) is 0.778. The van der Waals surface area contributed by atoms with Crippen molar-refractivity contribution in [3.8, 4) is 0 Å². The molecule has 7 nitrogen and oxygen atoms in total. The first-order valence-corrected chi connectivity index (χ1v) is 5.19. The lowest BCUT2D eigenvalue weighted by Gasteiger charge is -2.27. The van der Waals surface area contributed by atoms with Gasteiger partial charge in [0.1, 0.15) is 6.04 Å². The van der Waals surface area contributed by atoms with Gasteiger partial charge in [0.05, 0.1) is 6.61 Å². The molecule has 1 aliphatic heterocycles. The highest BCUT2D eigenvalue weighted by Crippen LogP contribution is 2.04. The van der Waals surface area contributed by atoms with Crippen molar-refractivity contribution in [2.45, 2.75) is 12.5 Å². The number of amides is 2. The van der Waals surface area contributed by atoms with Gasteiger partial charge in [-0.1, -0.05) is 0 Å². The smallest absolute Gasteiger partial charge is 0.253 e. The fourth-order valence-corrected chi connectivity index (χ4v) is 1.70. The summed E-state index contributed by atoms with van der Waals surface area (Å²) in [5, 5.41) is 2.74. The quantitative estimate of drug-likeness (QED) is 0.290. The second kappa shape index (κ2) is 6.41. The van der Waals surface area contributed by atoms with Gasteiger partial charge in [0.25, 0.3) is 5.91 Å². The number of carbonyl (C=O) groups excluding carboxylic acids is 2. The summed E-state index contributed by atoms with van der Waals surface area (Å²) in [5.74, 6) is 4.82. The van der Waals surface area contributed by atoms with Gasteiger partial charge in [-0.25, -0.2) is 5.84 Å². The predicted molar refractivity (Wildman–Crippen MR) is 57.2 cm³/mol. The molecule has 1 heterocycles. The molecule has 0 aromatic heterocycles. The van der Waals surface area contributed by atoms with Gasteiger partial charge in [-0.15, -0.1) is 0 Å². The van der Waals surface area contributed by atoms with Crippen LogP contribution in [0, 0.1) is 0 Å². The molecule has 0 aliphatic carbocycles. The number of hydrazine groups is 1. The molecule has 0 spiro atoms. The van der Waals surface area contributed by atoms with Gasteiger partial charge < -0.3 is 10.1 Å². The fourth-order valence-electron chi connectivity index (χ4n) is 1.70. The summed E-state index contributed by atoms with van der Waals surface area (Å²) < 4.78 is 4.98. The van der Waals surface area contributed by atoms with Gasteiger partial charge in [-0.05, 0) is 0 Å². The second-order valence-electron chi connectivity index (χ2n) is 3.62. The molecular weight excluding hydrogens is 212 g/mol. The zero-order chi connectivity index (χ0) is 12.0. The van der Waals surface area contributed by atoms with E-state index >= 15 is 0 Å². The molecule has 0 aromatic rings. The Kier molecular flexibility index (Phi) is 5.17. The van der Waals surface area contributed by atoms with Crippen molar-refractivity contribution in [2.75, 3.05) is 33.4 Å². The first-order valence-electron chi connectivity index (χ1n) is 5.19. The molecule has 1 atom stereocenters. The normalized spacial score (nSPS) is 19.8. The van der Waals surface area contributed by atoms with E-state index in [4.69, 9.17) is 10.6 Å². The number of nitrogens with two attached hydrogens (primary N) is 1. The summed E-state index contributed by atoms with van der Waals surface area (Å²) in [5.41, 5.74) is 2.11. The highest BCUT2D eigenvalue weighted by Gasteiger charge is 2.27.